The van der Waals surface area contributed by atoms with Crippen molar-refractivity contribution in [3.8, 4) is 6.07 Å². The van der Waals surface area contributed by atoms with Crippen molar-refractivity contribution < 1.29 is 19.2 Å². The number of amides is 4. The van der Waals surface area contributed by atoms with Gasteiger partial charge in [0.05, 0.1) is 11.5 Å². The van der Waals surface area contributed by atoms with Crippen LogP contribution in [0.15, 0.2) is 24.3 Å². The van der Waals surface area contributed by atoms with Crippen molar-refractivity contribution in [3.05, 3.63) is 29.8 Å². The Morgan fingerprint density at radius 3 is 2.58 bits per heavy atom. The van der Waals surface area contributed by atoms with Gasteiger partial charge in [0.1, 0.15) is 12.1 Å². The van der Waals surface area contributed by atoms with Crippen LogP contribution in [0.3, 0.4) is 0 Å². The largest absolute Gasteiger partial charge is 0.345 e. The minimum Gasteiger partial charge on any atom is -0.345 e. The molecule has 1 saturated carbocycles. The smallest absolute Gasteiger partial charge is 0.309 e. The van der Waals surface area contributed by atoms with E-state index in [1.807, 2.05) is 45.9 Å². The summed E-state index contributed by atoms with van der Waals surface area (Å²) in [6.07, 6.45) is 3.28. The zero-order chi connectivity index (χ0) is 26.3. The van der Waals surface area contributed by atoms with Gasteiger partial charge in [-0.15, -0.1) is 0 Å². The molecule has 3 aliphatic rings. The highest BCUT2D eigenvalue weighted by Gasteiger charge is 2.56. The van der Waals surface area contributed by atoms with E-state index in [2.05, 4.69) is 22.0 Å². The average molecular weight is 494 g/mol. The predicted octanol–water partition coefficient (Wildman–Crippen LogP) is 2.23. The lowest BCUT2D eigenvalue weighted by Crippen LogP contribution is -2.55. The Labute approximate surface area is 212 Å². The van der Waals surface area contributed by atoms with Crippen LogP contribution in [0.2, 0.25) is 0 Å². The van der Waals surface area contributed by atoms with E-state index in [-0.39, 0.29) is 36.8 Å². The minimum atomic E-state index is -1.01. The number of nitrogens with one attached hydrogen (secondary N) is 3. The molecule has 4 amide bonds. The fourth-order valence-electron chi connectivity index (χ4n) is 5.82. The summed E-state index contributed by atoms with van der Waals surface area (Å²) < 4.78 is 0. The highest BCUT2D eigenvalue weighted by atomic mass is 16.2. The normalized spacial score (nSPS) is 27.8. The lowest BCUT2D eigenvalue weighted by atomic mass is 9.80. The van der Waals surface area contributed by atoms with Crippen molar-refractivity contribution in [3.63, 3.8) is 0 Å². The molecule has 0 radical (unpaired) electrons. The molecule has 1 aliphatic carbocycles. The zero-order valence-corrected chi connectivity index (χ0v) is 21.4. The number of rotatable bonds is 4. The summed E-state index contributed by atoms with van der Waals surface area (Å²) in [6, 6.07) is 7.60. The van der Waals surface area contributed by atoms with E-state index < -0.39 is 35.2 Å². The van der Waals surface area contributed by atoms with Crippen LogP contribution in [0.5, 0.6) is 0 Å². The summed E-state index contributed by atoms with van der Waals surface area (Å²) in [4.78, 5) is 53.7. The molecule has 2 heterocycles. The summed E-state index contributed by atoms with van der Waals surface area (Å²) in [7, 11) is 0. The summed E-state index contributed by atoms with van der Waals surface area (Å²) >= 11 is 0. The molecule has 1 aromatic carbocycles. The number of likely N-dealkylation sites (tertiary alicyclic amines) is 1. The predicted molar refractivity (Wildman–Crippen MR) is 133 cm³/mol. The molecular formula is C27H35N5O4. The fourth-order valence-corrected chi connectivity index (χ4v) is 5.82. The Bertz CT molecular complexity index is 1120. The van der Waals surface area contributed by atoms with Gasteiger partial charge in [0, 0.05) is 24.7 Å². The first-order valence-electron chi connectivity index (χ1n) is 12.7. The van der Waals surface area contributed by atoms with Crippen molar-refractivity contribution in [1.29, 1.82) is 5.26 Å². The third-order valence-electron chi connectivity index (χ3n) is 7.72. The molecule has 2 unspecified atom stereocenters. The van der Waals surface area contributed by atoms with Crippen LogP contribution in [0.1, 0.15) is 65.4 Å². The first kappa shape index (κ1) is 25.7. The Kier molecular flexibility index (Phi) is 6.82. The molecule has 36 heavy (non-hydrogen) atoms. The number of nitrogens with zero attached hydrogens (tertiary/aromatic N) is 2. The quantitative estimate of drug-likeness (QED) is 0.554. The van der Waals surface area contributed by atoms with Crippen molar-refractivity contribution in [2.24, 2.45) is 11.3 Å². The summed E-state index contributed by atoms with van der Waals surface area (Å²) in [6.45, 7) is 7.90. The molecule has 9 heteroatoms. The Hall–Kier alpha value is -3.41. The van der Waals surface area contributed by atoms with Gasteiger partial charge in [-0.25, -0.2) is 0 Å². The van der Waals surface area contributed by atoms with E-state index in [9.17, 15) is 24.4 Å². The second kappa shape index (κ2) is 9.57. The van der Waals surface area contributed by atoms with Crippen molar-refractivity contribution in [2.75, 3.05) is 11.9 Å². The summed E-state index contributed by atoms with van der Waals surface area (Å²) in [5, 5.41) is 18.2. The third-order valence-corrected chi connectivity index (χ3v) is 7.72. The molecule has 1 saturated heterocycles. The first-order chi connectivity index (χ1) is 16.9. The number of hydrogen-bond donors (Lipinski definition) is 3. The second-order valence-corrected chi connectivity index (χ2v) is 11.7. The zero-order valence-electron chi connectivity index (χ0n) is 21.4. The summed E-state index contributed by atoms with van der Waals surface area (Å²) in [5.74, 6) is -2.00. The van der Waals surface area contributed by atoms with Gasteiger partial charge in [0.15, 0.2) is 0 Å². The molecule has 1 aromatic rings. The van der Waals surface area contributed by atoms with Gasteiger partial charge in [-0.2, -0.15) is 5.26 Å². The molecule has 2 aliphatic heterocycles. The standard InChI is InChI=1S/C27H35N5O4/c1-16-8-7-11-19(16)29-22(33)23(34)30-21(13-26(2,3)4)24(35)32-15-27(12-17(32)14-28)18-9-5-6-10-20(18)31-25(27)36/h5-6,9-10,16-17,19,21H,7-8,11-13,15H2,1-4H3,(H,29,33)(H,30,34)(H,31,36)/t16?,17-,19?,21-,27-/m0/s1. The molecule has 0 bridgehead atoms. The average Bonchev–Trinajstić information content (AvgIpc) is 3.48. The van der Waals surface area contributed by atoms with E-state index in [0.29, 0.717) is 11.6 Å². The molecule has 2 fully saturated rings. The minimum absolute atomic E-state index is 0.0369. The monoisotopic (exact) mass is 493 g/mol. The highest BCUT2D eigenvalue weighted by molar-refractivity contribution is 6.35. The maximum Gasteiger partial charge on any atom is 0.309 e. The Balaban J connectivity index is 1.55. The molecule has 5 atom stereocenters. The van der Waals surface area contributed by atoms with Gasteiger partial charge in [0.2, 0.25) is 11.8 Å². The number of carbonyl (C=O) groups excluding carboxylic acids is 4. The third kappa shape index (κ3) is 4.81. The first-order valence-corrected chi connectivity index (χ1v) is 12.7. The highest BCUT2D eigenvalue weighted by Crippen LogP contribution is 2.46. The number of carbonyl (C=O) groups is 4. The van der Waals surface area contributed by atoms with Crippen LogP contribution in [-0.2, 0) is 24.6 Å². The molecule has 1 spiro atoms. The van der Waals surface area contributed by atoms with Gasteiger partial charge >= 0.3 is 11.8 Å². The van der Waals surface area contributed by atoms with Crippen LogP contribution in [0.25, 0.3) is 0 Å². The van der Waals surface area contributed by atoms with Crippen LogP contribution in [-0.4, -0.2) is 53.2 Å². The molecule has 192 valence electrons. The number of fused-ring (bicyclic) bond motifs is 2. The number of hydrogen-bond acceptors (Lipinski definition) is 5. The number of benzene rings is 1. The van der Waals surface area contributed by atoms with Crippen LogP contribution >= 0.6 is 0 Å². The maximum absolute atomic E-state index is 13.8. The van der Waals surface area contributed by atoms with Gasteiger partial charge in [-0.1, -0.05) is 52.3 Å². The van der Waals surface area contributed by atoms with E-state index in [1.54, 1.807) is 6.07 Å². The van der Waals surface area contributed by atoms with E-state index in [4.69, 9.17) is 0 Å². The van der Waals surface area contributed by atoms with Crippen molar-refractivity contribution in [2.45, 2.75) is 83.3 Å². The van der Waals surface area contributed by atoms with Gasteiger partial charge in [0.25, 0.3) is 0 Å². The lowest BCUT2D eigenvalue weighted by Gasteiger charge is -2.31. The topological polar surface area (TPSA) is 131 Å². The van der Waals surface area contributed by atoms with E-state index in [0.717, 1.165) is 24.8 Å². The Morgan fingerprint density at radius 1 is 1.22 bits per heavy atom. The molecule has 9 nitrogen and oxygen atoms in total. The van der Waals surface area contributed by atoms with Crippen LogP contribution in [0, 0.1) is 22.7 Å². The van der Waals surface area contributed by atoms with Gasteiger partial charge in [-0.05, 0) is 42.2 Å². The fraction of sp³-hybridized carbons (Fsp3) is 0.593. The molecular weight excluding hydrogens is 458 g/mol. The van der Waals surface area contributed by atoms with Gasteiger partial charge in [-0.3, -0.25) is 19.2 Å². The van der Waals surface area contributed by atoms with E-state index in [1.165, 1.54) is 4.90 Å². The number of para-hydroxylation sites is 1. The molecule has 4 rings (SSSR count). The SMILES string of the molecule is CC1CCCC1NC(=O)C(=O)N[C@@H](CC(C)(C)C)C(=O)N1C[C@]2(C[C@H]1C#N)C(=O)Nc1ccccc12. The van der Waals surface area contributed by atoms with Crippen molar-refractivity contribution in [1.82, 2.24) is 15.5 Å². The van der Waals surface area contributed by atoms with Gasteiger partial charge < -0.3 is 20.9 Å². The number of anilines is 1. The van der Waals surface area contributed by atoms with Crippen LogP contribution < -0.4 is 16.0 Å². The Morgan fingerprint density at radius 2 is 1.94 bits per heavy atom. The van der Waals surface area contributed by atoms with Crippen LogP contribution in [0.4, 0.5) is 5.69 Å². The molecule has 3 N–H and O–H groups in total. The number of nitriles is 1. The van der Waals surface area contributed by atoms with E-state index >= 15 is 0 Å². The van der Waals surface area contributed by atoms with Crippen molar-refractivity contribution >= 4 is 29.3 Å². The molecule has 0 aromatic heterocycles. The maximum atomic E-state index is 13.8. The summed E-state index contributed by atoms with van der Waals surface area (Å²) in [5.41, 5.74) is 0.0951. The second-order valence-electron chi connectivity index (χ2n) is 11.7. The lowest BCUT2D eigenvalue weighted by molar-refractivity contribution is -0.143.